The van der Waals surface area contributed by atoms with Crippen LogP contribution < -0.4 is 0 Å². The van der Waals surface area contributed by atoms with Gasteiger partial charge in [-0.15, -0.1) is 0 Å². The lowest BCUT2D eigenvalue weighted by molar-refractivity contribution is 0.0629. The van der Waals surface area contributed by atoms with Crippen molar-refractivity contribution in [3.8, 4) is 0 Å². The summed E-state index contributed by atoms with van der Waals surface area (Å²) in [7, 11) is 0. The van der Waals surface area contributed by atoms with E-state index in [1.165, 1.54) is 18.2 Å². The highest BCUT2D eigenvalue weighted by Gasteiger charge is 2.27. The minimum Gasteiger partial charge on any atom is -0.447 e. The van der Waals surface area contributed by atoms with Crippen LogP contribution in [0.15, 0.2) is 27.5 Å². The number of oxazole rings is 1. The van der Waals surface area contributed by atoms with Gasteiger partial charge in [0, 0.05) is 45.3 Å². The lowest BCUT2D eigenvalue weighted by Crippen LogP contribution is -2.45. The van der Waals surface area contributed by atoms with Gasteiger partial charge in [0.2, 0.25) is 5.89 Å². The second-order valence-electron chi connectivity index (χ2n) is 7.65. The van der Waals surface area contributed by atoms with E-state index in [1.807, 2.05) is 4.90 Å². The van der Waals surface area contributed by atoms with Crippen molar-refractivity contribution in [2.24, 2.45) is 0 Å². The summed E-state index contributed by atoms with van der Waals surface area (Å²) in [5.74, 6) is 0.659. The van der Waals surface area contributed by atoms with Crippen LogP contribution in [-0.4, -0.2) is 64.4 Å². The van der Waals surface area contributed by atoms with Gasteiger partial charge >= 0.3 is 0 Å². The van der Waals surface area contributed by atoms with Crippen LogP contribution in [-0.2, 0) is 13.1 Å². The number of hydrogen-bond donors (Lipinski definition) is 0. The van der Waals surface area contributed by atoms with Crippen LogP contribution in [0, 0.1) is 0 Å². The topological polar surface area (TPSA) is 52.8 Å². The highest BCUT2D eigenvalue weighted by Crippen LogP contribution is 2.19. The summed E-state index contributed by atoms with van der Waals surface area (Å²) in [6.45, 7) is 8.75. The molecule has 0 bridgehead atoms. The average molecular weight is 389 g/mol. The van der Waals surface area contributed by atoms with Gasteiger partial charge < -0.3 is 9.32 Å². The number of thiophene rings is 1. The predicted octanol–water partition coefficient (Wildman–Crippen LogP) is 3.07. The third kappa shape index (κ3) is 4.59. The Morgan fingerprint density at radius 1 is 1.19 bits per heavy atom. The van der Waals surface area contributed by atoms with Crippen LogP contribution in [0.1, 0.15) is 48.1 Å². The molecule has 1 atom stereocenters. The van der Waals surface area contributed by atoms with E-state index < -0.39 is 0 Å². The average Bonchev–Trinajstić information content (AvgIpc) is 3.35. The Morgan fingerprint density at radius 2 is 1.96 bits per heavy atom. The molecule has 1 unspecified atom stereocenters. The van der Waals surface area contributed by atoms with Gasteiger partial charge in [-0.05, 0) is 48.6 Å². The zero-order chi connectivity index (χ0) is 18.6. The Morgan fingerprint density at radius 3 is 2.67 bits per heavy atom. The van der Waals surface area contributed by atoms with Gasteiger partial charge in [-0.2, -0.15) is 11.3 Å². The molecule has 146 valence electrons. The van der Waals surface area contributed by atoms with Crippen molar-refractivity contribution in [3.05, 3.63) is 40.2 Å². The first-order valence-corrected chi connectivity index (χ1v) is 10.8. The van der Waals surface area contributed by atoms with E-state index in [0.29, 0.717) is 24.2 Å². The lowest BCUT2D eigenvalue weighted by atomic mass is 10.0. The van der Waals surface area contributed by atoms with Gasteiger partial charge in [-0.3, -0.25) is 14.6 Å². The quantitative estimate of drug-likeness (QED) is 0.788. The fourth-order valence-corrected chi connectivity index (χ4v) is 4.63. The summed E-state index contributed by atoms with van der Waals surface area (Å²) in [5.41, 5.74) is 1.85. The van der Waals surface area contributed by atoms with Gasteiger partial charge in [-0.1, -0.05) is 0 Å². The number of hydrogen-bond acceptors (Lipinski definition) is 6. The minimum absolute atomic E-state index is 0.0118. The Bertz CT molecular complexity index is 737. The Labute approximate surface area is 164 Å². The standard InChI is InChI=1S/C20H28N4O2S/c1-16-4-2-3-6-24(16)20(25)18-14-26-19(21-18)13-23-9-7-22(8-10-23)12-17-5-11-27-15-17/h5,11,14-16H,2-4,6-10,12-13H2,1H3. The zero-order valence-electron chi connectivity index (χ0n) is 16.0. The first-order chi connectivity index (χ1) is 13.2. The number of likely N-dealkylation sites (tertiary alicyclic amines) is 1. The monoisotopic (exact) mass is 388 g/mol. The molecule has 0 spiro atoms. The number of amides is 1. The van der Waals surface area contributed by atoms with Crippen LogP contribution in [0.3, 0.4) is 0 Å². The van der Waals surface area contributed by atoms with Crippen LogP contribution in [0.2, 0.25) is 0 Å². The molecule has 6 nitrogen and oxygen atoms in total. The molecular weight excluding hydrogens is 360 g/mol. The number of carbonyl (C=O) groups is 1. The molecule has 2 aliphatic rings. The van der Waals surface area contributed by atoms with Gasteiger partial charge in [0.25, 0.3) is 5.91 Å². The Balaban J connectivity index is 1.28. The fraction of sp³-hybridized carbons (Fsp3) is 0.600. The Kier molecular flexibility index (Phi) is 5.90. The molecule has 2 fully saturated rings. The number of aromatic nitrogens is 1. The molecule has 0 N–H and O–H groups in total. The largest absolute Gasteiger partial charge is 0.447 e. The van der Waals surface area contributed by atoms with Crippen molar-refractivity contribution in [3.63, 3.8) is 0 Å². The lowest BCUT2D eigenvalue weighted by Gasteiger charge is -2.33. The molecule has 0 radical (unpaired) electrons. The van der Waals surface area contributed by atoms with Gasteiger partial charge in [0.1, 0.15) is 6.26 Å². The van der Waals surface area contributed by atoms with E-state index in [9.17, 15) is 4.79 Å². The van der Waals surface area contributed by atoms with E-state index >= 15 is 0 Å². The van der Waals surface area contributed by atoms with Crippen LogP contribution in [0.5, 0.6) is 0 Å². The van der Waals surface area contributed by atoms with Crippen molar-refractivity contribution < 1.29 is 9.21 Å². The molecule has 2 aromatic heterocycles. The molecule has 4 rings (SSSR count). The maximum atomic E-state index is 12.7. The second kappa shape index (κ2) is 8.54. The van der Waals surface area contributed by atoms with Crippen molar-refractivity contribution in [2.75, 3.05) is 32.7 Å². The highest BCUT2D eigenvalue weighted by atomic mass is 32.1. The van der Waals surface area contributed by atoms with E-state index in [-0.39, 0.29) is 5.91 Å². The fourth-order valence-electron chi connectivity index (χ4n) is 3.97. The van der Waals surface area contributed by atoms with Gasteiger partial charge in [0.15, 0.2) is 5.69 Å². The summed E-state index contributed by atoms with van der Waals surface area (Å²) in [6, 6.07) is 2.49. The summed E-state index contributed by atoms with van der Waals surface area (Å²) < 4.78 is 5.61. The molecule has 1 amide bonds. The van der Waals surface area contributed by atoms with Crippen molar-refractivity contribution in [1.29, 1.82) is 0 Å². The van der Waals surface area contributed by atoms with Gasteiger partial charge in [0.05, 0.1) is 6.54 Å². The zero-order valence-corrected chi connectivity index (χ0v) is 16.8. The van der Waals surface area contributed by atoms with Crippen molar-refractivity contribution >= 4 is 17.2 Å². The highest BCUT2D eigenvalue weighted by molar-refractivity contribution is 7.07. The van der Waals surface area contributed by atoms with Crippen LogP contribution >= 0.6 is 11.3 Å². The molecule has 27 heavy (non-hydrogen) atoms. The first kappa shape index (κ1) is 18.7. The first-order valence-electron chi connectivity index (χ1n) is 9.90. The van der Waals surface area contributed by atoms with E-state index in [4.69, 9.17) is 4.42 Å². The van der Waals surface area contributed by atoms with Gasteiger partial charge in [-0.25, -0.2) is 4.98 Å². The number of piperazine rings is 1. The number of nitrogens with zero attached hydrogens (tertiary/aromatic N) is 4. The molecule has 2 aliphatic heterocycles. The summed E-state index contributed by atoms with van der Waals surface area (Å²) in [6.07, 6.45) is 4.89. The minimum atomic E-state index is 0.0118. The maximum Gasteiger partial charge on any atom is 0.276 e. The third-order valence-electron chi connectivity index (χ3n) is 5.64. The summed E-state index contributed by atoms with van der Waals surface area (Å²) >= 11 is 1.76. The molecule has 0 aliphatic carbocycles. The molecular formula is C20H28N4O2S. The van der Waals surface area contributed by atoms with E-state index in [2.05, 4.69) is 38.5 Å². The molecule has 2 saturated heterocycles. The summed E-state index contributed by atoms with van der Waals surface area (Å²) in [4.78, 5) is 24.0. The third-order valence-corrected chi connectivity index (χ3v) is 6.38. The van der Waals surface area contributed by atoms with Crippen molar-refractivity contribution in [2.45, 2.75) is 45.3 Å². The number of carbonyl (C=O) groups excluding carboxylic acids is 1. The molecule has 7 heteroatoms. The van der Waals surface area contributed by atoms with Crippen molar-refractivity contribution in [1.82, 2.24) is 19.7 Å². The molecule has 0 saturated carbocycles. The SMILES string of the molecule is CC1CCCCN1C(=O)c1coc(CN2CCN(Cc3ccsc3)CC2)n1. The predicted molar refractivity (Wildman–Crippen MR) is 106 cm³/mol. The van der Waals surface area contributed by atoms with Crippen LogP contribution in [0.4, 0.5) is 0 Å². The number of rotatable bonds is 5. The maximum absolute atomic E-state index is 12.7. The second-order valence-corrected chi connectivity index (χ2v) is 8.43. The van der Waals surface area contributed by atoms with Crippen LogP contribution in [0.25, 0.3) is 0 Å². The Hall–Kier alpha value is -1.70. The van der Waals surface area contributed by atoms with E-state index in [0.717, 1.165) is 52.1 Å². The molecule has 2 aromatic rings. The molecule has 4 heterocycles. The normalized spacial score (nSPS) is 22.3. The summed E-state index contributed by atoms with van der Waals surface area (Å²) in [5, 5.41) is 4.36. The smallest absolute Gasteiger partial charge is 0.276 e. The number of piperidine rings is 1. The van der Waals surface area contributed by atoms with E-state index in [1.54, 1.807) is 11.3 Å². The molecule has 0 aromatic carbocycles.